The van der Waals surface area contributed by atoms with Crippen LogP contribution < -0.4 is 4.90 Å². The zero-order valence-corrected chi connectivity index (χ0v) is 16.2. The summed E-state index contributed by atoms with van der Waals surface area (Å²) in [7, 11) is 1.68. The maximum absolute atomic E-state index is 12.9. The molecule has 140 valence electrons. The van der Waals surface area contributed by atoms with Crippen LogP contribution in [-0.4, -0.2) is 35.4 Å². The van der Waals surface area contributed by atoms with Gasteiger partial charge in [-0.05, 0) is 36.5 Å². The lowest BCUT2D eigenvalue weighted by molar-refractivity contribution is -0.120. The lowest BCUT2D eigenvalue weighted by Gasteiger charge is -2.22. The van der Waals surface area contributed by atoms with Crippen LogP contribution in [0.15, 0.2) is 42.6 Å². The van der Waals surface area contributed by atoms with E-state index in [4.69, 9.17) is 4.74 Å². The van der Waals surface area contributed by atoms with Crippen molar-refractivity contribution in [1.29, 1.82) is 0 Å². The van der Waals surface area contributed by atoms with Crippen molar-refractivity contribution in [2.24, 2.45) is 0 Å². The van der Waals surface area contributed by atoms with Crippen molar-refractivity contribution in [3.63, 3.8) is 0 Å². The molecule has 0 N–H and O–H groups in total. The molecule has 0 aliphatic carbocycles. The van der Waals surface area contributed by atoms with Crippen molar-refractivity contribution in [3.8, 4) is 0 Å². The third-order valence-electron chi connectivity index (χ3n) is 4.98. The monoisotopic (exact) mass is 381 g/mol. The Morgan fingerprint density at radius 3 is 2.96 bits per heavy atom. The summed E-state index contributed by atoms with van der Waals surface area (Å²) in [6, 6.07) is 12.2. The van der Waals surface area contributed by atoms with E-state index in [-0.39, 0.29) is 6.04 Å². The Morgan fingerprint density at radius 2 is 2.15 bits per heavy atom. The number of Topliss-reactive ketones (excluding diaryl/α,β-unsaturated/α-hetero) is 1. The first kappa shape index (κ1) is 18.1. The summed E-state index contributed by atoms with van der Waals surface area (Å²) in [5.41, 5.74) is 3.00. The number of fused-ring (bicyclic) bond motifs is 1. The van der Waals surface area contributed by atoms with Crippen LogP contribution in [0.5, 0.6) is 0 Å². The van der Waals surface area contributed by atoms with Crippen LogP contribution in [0.25, 0.3) is 10.3 Å². The number of methoxy groups -OCH3 is 1. The van der Waals surface area contributed by atoms with Gasteiger partial charge in [-0.25, -0.2) is 4.98 Å². The molecule has 0 spiro atoms. The summed E-state index contributed by atoms with van der Waals surface area (Å²) in [5.74, 6) is 0.309. The molecule has 6 heteroatoms. The first-order valence-corrected chi connectivity index (χ1v) is 10.1. The second-order valence-corrected chi connectivity index (χ2v) is 7.91. The number of hydrogen-bond donors (Lipinski definition) is 0. The molecule has 3 heterocycles. The molecule has 4 rings (SSSR count). The molecule has 0 saturated carbocycles. The number of benzene rings is 1. The predicted octanol–water partition coefficient (Wildman–Crippen LogP) is 4.01. The van der Waals surface area contributed by atoms with Gasteiger partial charge in [-0.15, -0.1) is 0 Å². The Balaban J connectivity index is 1.48. The molecule has 1 fully saturated rings. The largest absolute Gasteiger partial charge is 0.380 e. The van der Waals surface area contributed by atoms with Gasteiger partial charge in [-0.2, -0.15) is 4.98 Å². The molecule has 5 nitrogen and oxygen atoms in total. The van der Waals surface area contributed by atoms with E-state index in [2.05, 4.69) is 33.1 Å². The number of aromatic nitrogens is 2. The minimum absolute atomic E-state index is 0.0623. The van der Waals surface area contributed by atoms with Crippen LogP contribution in [0.2, 0.25) is 0 Å². The van der Waals surface area contributed by atoms with Gasteiger partial charge in [0.25, 0.3) is 0 Å². The van der Waals surface area contributed by atoms with Crippen LogP contribution in [-0.2, 0) is 22.6 Å². The molecule has 0 unspecified atom stereocenters. The van der Waals surface area contributed by atoms with E-state index >= 15 is 0 Å². The van der Waals surface area contributed by atoms with E-state index < -0.39 is 0 Å². The molecule has 1 atom stereocenters. The number of thiazole rings is 1. The minimum Gasteiger partial charge on any atom is -0.380 e. The normalized spacial score (nSPS) is 16.9. The molecule has 0 amide bonds. The number of pyridine rings is 1. The Kier molecular flexibility index (Phi) is 5.45. The average Bonchev–Trinajstić information content (AvgIpc) is 3.33. The van der Waals surface area contributed by atoms with Crippen LogP contribution in [0.1, 0.15) is 30.4 Å². The van der Waals surface area contributed by atoms with E-state index in [1.807, 2.05) is 24.4 Å². The van der Waals surface area contributed by atoms with Crippen LogP contribution in [0, 0.1) is 0 Å². The fourth-order valence-electron chi connectivity index (χ4n) is 3.63. The summed E-state index contributed by atoms with van der Waals surface area (Å²) >= 11 is 1.61. The van der Waals surface area contributed by atoms with Gasteiger partial charge in [-0.1, -0.05) is 41.7 Å². The van der Waals surface area contributed by atoms with Crippen molar-refractivity contribution in [1.82, 2.24) is 9.97 Å². The standard InChI is InChI=1S/C21H23N3O2S/c1-26-14-16-12-19-20(22-13-16)23-21(27-19)24-11-5-8-17(24)18(25)10-9-15-6-3-2-4-7-15/h2-4,6-7,12-13,17H,5,8-11,14H2,1H3/t17-/m1/s1. The molecule has 27 heavy (non-hydrogen) atoms. The highest BCUT2D eigenvalue weighted by atomic mass is 32.1. The smallest absolute Gasteiger partial charge is 0.188 e. The topological polar surface area (TPSA) is 55.3 Å². The fourth-order valence-corrected chi connectivity index (χ4v) is 4.69. The third kappa shape index (κ3) is 4.01. The highest BCUT2D eigenvalue weighted by Crippen LogP contribution is 2.33. The zero-order valence-electron chi connectivity index (χ0n) is 15.4. The van der Waals surface area contributed by atoms with Crippen LogP contribution >= 0.6 is 11.3 Å². The Hall–Kier alpha value is -2.31. The third-order valence-corrected chi connectivity index (χ3v) is 6.01. The minimum atomic E-state index is -0.0623. The van der Waals surface area contributed by atoms with Crippen molar-refractivity contribution < 1.29 is 9.53 Å². The van der Waals surface area contributed by atoms with Crippen molar-refractivity contribution in [2.75, 3.05) is 18.6 Å². The molecule has 0 bridgehead atoms. The van der Waals surface area contributed by atoms with Gasteiger partial charge in [0.05, 0.1) is 17.3 Å². The number of rotatable bonds is 7. The second-order valence-electron chi connectivity index (χ2n) is 6.90. The SMILES string of the molecule is COCc1cnc2nc(N3CCC[C@@H]3C(=O)CCc3ccccc3)sc2c1. The van der Waals surface area contributed by atoms with Gasteiger partial charge < -0.3 is 9.64 Å². The summed E-state index contributed by atoms with van der Waals surface area (Å²) < 4.78 is 6.23. The molecule has 1 saturated heterocycles. The lowest BCUT2D eigenvalue weighted by atomic mass is 10.0. The Morgan fingerprint density at radius 1 is 1.30 bits per heavy atom. The van der Waals surface area contributed by atoms with Gasteiger partial charge in [0.2, 0.25) is 0 Å². The Bertz CT molecular complexity index is 926. The second kappa shape index (κ2) is 8.15. The van der Waals surface area contributed by atoms with Gasteiger partial charge in [-0.3, -0.25) is 4.79 Å². The molecular weight excluding hydrogens is 358 g/mol. The summed E-state index contributed by atoms with van der Waals surface area (Å²) in [6.45, 7) is 1.42. The fraction of sp³-hybridized carbons (Fsp3) is 0.381. The zero-order chi connectivity index (χ0) is 18.6. The van der Waals surface area contributed by atoms with Gasteiger partial charge in [0.15, 0.2) is 16.6 Å². The van der Waals surface area contributed by atoms with E-state index in [0.29, 0.717) is 18.8 Å². The van der Waals surface area contributed by atoms with Gasteiger partial charge in [0, 0.05) is 26.3 Å². The van der Waals surface area contributed by atoms with E-state index in [1.165, 1.54) is 5.56 Å². The van der Waals surface area contributed by atoms with E-state index in [1.54, 1.807) is 18.4 Å². The predicted molar refractivity (Wildman–Crippen MR) is 108 cm³/mol. The number of aryl methyl sites for hydroxylation is 1. The number of hydrogen-bond acceptors (Lipinski definition) is 6. The van der Waals surface area contributed by atoms with Gasteiger partial charge in [0.1, 0.15) is 0 Å². The van der Waals surface area contributed by atoms with Crippen LogP contribution in [0.3, 0.4) is 0 Å². The molecule has 1 aliphatic heterocycles. The maximum atomic E-state index is 12.9. The average molecular weight is 382 g/mol. The molecule has 1 aliphatic rings. The summed E-state index contributed by atoms with van der Waals surface area (Å²) in [4.78, 5) is 24.2. The lowest BCUT2D eigenvalue weighted by Crippen LogP contribution is -2.36. The van der Waals surface area contributed by atoms with Crippen molar-refractivity contribution >= 4 is 32.6 Å². The summed E-state index contributed by atoms with van der Waals surface area (Å²) in [6.07, 6.45) is 5.12. The van der Waals surface area contributed by atoms with Crippen molar-refractivity contribution in [3.05, 3.63) is 53.7 Å². The van der Waals surface area contributed by atoms with Crippen LogP contribution in [0.4, 0.5) is 5.13 Å². The molecular formula is C21H23N3O2S. The molecule has 0 radical (unpaired) electrons. The number of ketones is 1. The summed E-state index contributed by atoms with van der Waals surface area (Å²) in [5, 5.41) is 0.905. The molecule has 3 aromatic rings. The molecule has 1 aromatic carbocycles. The molecule has 2 aromatic heterocycles. The van der Waals surface area contributed by atoms with Crippen molar-refractivity contribution in [2.45, 2.75) is 38.3 Å². The number of nitrogens with zero attached hydrogens (tertiary/aromatic N) is 3. The highest BCUT2D eigenvalue weighted by molar-refractivity contribution is 7.22. The quantitative estimate of drug-likeness (QED) is 0.619. The first-order valence-electron chi connectivity index (χ1n) is 9.32. The number of anilines is 1. The van der Waals surface area contributed by atoms with E-state index in [0.717, 1.165) is 46.8 Å². The maximum Gasteiger partial charge on any atom is 0.188 e. The number of ether oxygens (including phenoxy) is 1. The van der Waals surface area contributed by atoms with Gasteiger partial charge >= 0.3 is 0 Å². The first-order chi connectivity index (χ1) is 13.2. The number of carbonyl (C=O) groups is 1. The van der Waals surface area contributed by atoms with E-state index in [9.17, 15) is 4.79 Å². The Labute approximate surface area is 163 Å². The number of carbonyl (C=O) groups excluding carboxylic acids is 1. The highest BCUT2D eigenvalue weighted by Gasteiger charge is 2.32.